The average Bonchev–Trinajstić information content (AvgIpc) is 3.30. The first-order valence-corrected chi connectivity index (χ1v) is 11.8. The number of carbonyl (C=O) groups excluding carboxylic acids is 2. The fraction of sp³-hybridized carbons (Fsp3) is 0.760. The summed E-state index contributed by atoms with van der Waals surface area (Å²) in [5.74, 6) is -0.346. The molecule has 158 valence electrons. The van der Waals surface area contributed by atoms with Crippen molar-refractivity contribution in [3.05, 3.63) is 23.0 Å². The molecule has 28 heavy (non-hydrogen) atoms. The topological polar surface area (TPSA) is 54.4 Å². The maximum atomic E-state index is 11.6. The van der Waals surface area contributed by atoms with Crippen LogP contribution in [0.5, 0.6) is 0 Å². The lowest BCUT2D eigenvalue weighted by Gasteiger charge is -2.20. The summed E-state index contributed by atoms with van der Waals surface area (Å²) in [5.41, 5.74) is 1.39. The van der Waals surface area contributed by atoms with Crippen LogP contribution in [0, 0.1) is 11.8 Å². The van der Waals surface area contributed by atoms with E-state index in [2.05, 4.69) is 13.8 Å². The fourth-order valence-corrected chi connectivity index (χ4v) is 4.91. The molecule has 2 bridgehead atoms. The minimum atomic E-state index is -0.561. The summed E-state index contributed by atoms with van der Waals surface area (Å²) in [6.07, 6.45) is 21.5. The number of rotatable bonds is 11. The van der Waals surface area contributed by atoms with E-state index >= 15 is 0 Å². The van der Waals surface area contributed by atoms with E-state index in [0.29, 0.717) is 11.5 Å². The first-order valence-electron chi connectivity index (χ1n) is 11.8. The molecule has 1 saturated carbocycles. The molecule has 0 spiro atoms. The summed E-state index contributed by atoms with van der Waals surface area (Å²) < 4.78 is 0. The third-order valence-electron chi connectivity index (χ3n) is 6.51. The highest BCUT2D eigenvalue weighted by Crippen LogP contribution is 2.51. The van der Waals surface area contributed by atoms with Crippen molar-refractivity contribution in [2.75, 3.05) is 0 Å². The molecule has 0 aromatic carbocycles. The van der Waals surface area contributed by atoms with Gasteiger partial charge in [0.2, 0.25) is 11.6 Å². The van der Waals surface area contributed by atoms with Gasteiger partial charge < -0.3 is 5.11 Å². The summed E-state index contributed by atoms with van der Waals surface area (Å²) >= 11 is 0. The Labute approximate surface area is 171 Å². The fourth-order valence-electron chi connectivity index (χ4n) is 4.91. The number of unbranched alkanes of at least 4 members (excludes halogenated alkanes) is 11. The average molecular weight is 389 g/mol. The predicted molar refractivity (Wildman–Crippen MR) is 115 cm³/mol. The molecular weight excluding hydrogens is 348 g/mol. The number of allylic oxidation sites excluding steroid dienone is 3. The highest BCUT2D eigenvalue weighted by Gasteiger charge is 2.46. The van der Waals surface area contributed by atoms with E-state index < -0.39 is 5.78 Å². The van der Waals surface area contributed by atoms with Crippen molar-refractivity contribution in [2.45, 2.75) is 110 Å². The molecule has 3 rings (SSSR count). The number of ketones is 2. The Bertz CT molecular complexity index is 573. The smallest absolute Gasteiger partial charge is 0.229 e. The molecule has 0 saturated heterocycles. The van der Waals surface area contributed by atoms with Crippen LogP contribution in [0.2, 0.25) is 0 Å². The predicted octanol–water partition coefficient (Wildman–Crippen LogP) is 7.01. The van der Waals surface area contributed by atoms with Crippen LogP contribution in [0.4, 0.5) is 0 Å². The van der Waals surface area contributed by atoms with Gasteiger partial charge in [0.05, 0.1) is 0 Å². The van der Waals surface area contributed by atoms with Gasteiger partial charge in [0.15, 0.2) is 0 Å². The first kappa shape index (κ1) is 22.9. The van der Waals surface area contributed by atoms with Crippen LogP contribution in [0.3, 0.4) is 0 Å². The summed E-state index contributed by atoms with van der Waals surface area (Å²) in [7, 11) is 0. The SMILES string of the molecule is CCCCCCCCCCCCCC.O=C1C=C(O)C2=C(C1=O)C1CCC2C1. The van der Waals surface area contributed by atoms with Crippen molar-refractivity contribution in [2.24, 2.45) is 11.8 Å². The van der Waals surface area contributed by atoms with Crippen LogP contribution < -0.4 is 0 Å². The molecule has 0 heterocycles. The molecule has 2 atom stereocenters. The van der Waals surface area contributed by atoms with Gasteiger partial charge >= 0.3 is 0 Å². The zero-order chi connectivity index (χ0) is 20.4. The number of fused-ring (bicyclic) bond motifs is 4. The molecule has 2 unspecified atom stereocenters. The van der Waals surface area contributed by atoms with E-state index in [1.807, 2.05) is 0 Å². The Morgan fingerprint density at radius 3 is 1.64 bits per heavy atom. The monoisotopic (exact) mass is 388 g/mol. The molecule has 1 N–H and O–H groups in total. The number of hydrogen-bond donors (Lipinski definition) is 1. The normalized spacial score (nSPS) is 22.9. The van der Waals surface area contributed by atoms with Gasteiger partial charge in [0, 0.05) is 17.2 Å². The molecule has 0 aliphatic heterocycles. The molecule has 0 radical (unpaired) electrons. The third-order valence-corrected chi connectivity index (χ3v) is 6.51. The molecule has 0 amide bonds. The van der Waals surface area contributed by atoms with Crippen molar-refractivity contribution in [1.29, 1.82) is 0 Å². The van der Waals surface area contributed by atoms with Crippen LogP contribution in [0.25, 0.3) is 0 Å². The minimum absolute atomic E-state index is 0.0387. The van der Waals surface area contributed by atoms with Crippen LogP contribution in [0.1, 0.15) is 110 Å². The summed E-state index contributed by atoms with van der Waals surface area (Å²) in [6.45, 7) is 4.57. The highest BCUT2D eigenvalue weighted by molar-refractivity contribution is 6.48. The Hall–Kier alpha value is -1.38. The number of aliphatic hydroxyl groups excluding tert-OH is 1. The van der Waals surface area contributed by atoms with Crippen molar-refractivity contribution in [3.8, 4) is 0 Å². The van der Waals surface area contributed by atoms with Gasteiger partial charge in [-0.3, -0.25) is 9.59 Å². The van der Waals surface area contributed by atoms with Crippen molar-refractivity contribution >= 4 is 11.6 Å². The lowest BCUT2D eigenvalue weighted by Crippen LogP contribution is -2.24. The van der Waals surface area contributed by atoms with Gasteiger partial charge in [-0.15, -0.1) is 0 Å². The van der Waals surface area contributed by atoms with Crippen molar-refractivity contribution in [1.82, 2.24) is 0 Å². The minimum Gasteiger partial charge on any atom is -0.508 e. The van der Waals surface area contributed by atoms with Crippen LogP contribution in [-0.4, -0.2) is 16.7 Å². The maximum absolute atomic E-state index is 11.6. The third kappa shape index (κ3) is 6.32. The lowest BCUT2D eigenvalue weighted by molar-refractivity contribution is -0.132. The molecule has 0 aromatic rings. The maximum Gasteiger partial charge on any atom is 0.229 e. The second-order valence-corrected chi connectivity index (χ2v) is 8.79. The standard InChI is InChI=1S/C14H30.C11H10O3/c1-3-5-7-9-11-13-14-12-10-8-6-4-2;12-7-4-8(13)11(14)10-6-2-1-5(3-6)9(7)10/h3-14H2,1-2H3;4-6,12H,1-3H2. The van der Waals surface area contributed by atoms with Crippen LogP contribution >= 0.6 is 0 Å². The van der Waals surface area contributed by atoms with E-state index in [0.717, 1.165) is 30.9 Å². The van der Waals surface area contributed by atoms with Gasteiger partial charge in [0.25, 0.3) is 0 Å². The van der Waals surface area contributed by atoms with E-state index in [1.54, 1.807) is 0 Å². The largest absolute Gasteiger partial charge is 0.508 e. The quantitative estimate of drug-likeness (QED) is 0.235. The Balaban J connectivity index is 0.000000200. The van der Waals surface area contributed by atoms with E-state index in [1.165, 1.54) is 77.0 Å². The van der Waals surface area contributed by atoms with Crippen LogP contribution in [-0.2, 0) is 9.59 Å². The number of hydrogen-bond acceptors (Lipinski definition) is 3. The molecule has 0 aromatic heterocycles. The summed E-state index contributed by atoms with van der Waals surface area (Å²) in [6, 6.07) is 0. The van der Waals surface area contributed by atoms with Gasteiger partial charge in [-0.05, 0) is 31.1 Å². The molecule has 3 nitrogen and oxygen atoms in total. The van der Waals surface area contributed by atoms with Crippen LogP contribution in [0.15, 0.2) is 23.0 Å². The second kappa shape index (κ2) is 12.2. The Kier molecular flexibility index (Phi) is 10.0. The Morgan fingerprint density at radius 2 is 1.18 bits per heavy atom. The molecule has 3 heteroatoms. The number of carbonyl (C=O) groups is 2. The first-order chi connectivity index (χ1) is 13.6. The van der Waals surface area contributed by atoms with E-state index in [-0.39, 0.29) is 17.5 Å². The number of Topliss-reactive ketones (excluding diaryl/α,β-unsaturated/α-hetero) is 1. The van der Waals surface area contributed by atoms with E-state index in [4.69, 9.17) is 0 Å². The lowest BCUT2D eigenvalue weighted by atomic mass is 9.83. The van der Waals surface area contributed by atoms with Gasteiger partial charge in [-0.2, -0.15) is 0 Å². The molecule has 3 aliphatic carbocycles. The summed E-state index contributed by atoms with van der Waals surface area (Å²) in [4.78, 5) is 22.8. The molecular formula is C25H40O3. The molecule has 1 fully saturated rings. The Morgan fingerprint density at radius 1 is 0.750 bits per heavy atom. The van der Waals surface area contributed by atoms with Crippen molar-refractivity contribution in [3.63, 3.8) is 0 Å². The highest BCUT2D eigenvalue weighted by atomic mass is 16.3. The summed E-state index contributed by atoms with van der Waals surface area (Å²) in [5, 5.41) is 9.62. The van der Waals surface area contributed by atoms with Gasteiger partial charge in [-0.1, -0.05) is 90.9 Å². The molecule has 3 aliphatic rings. The number of aliphatic hydroxyl groups is 1. The van der Waals surface area contributed by atoms with Gasteiger partial charge in [-0.25, -0.2) is 0 Å². The zero-order valence-corrected chi connectivity index (χ0v) is 18.1. The second-order valence-electron chi connectivity index (χ2n) is 8.79. The van der Waals surface area contributed by atoms with Gasteiger partial charge in [0.1, 0.15) is 5.76 Å². The zero-order valence-electron chi connectivity index (χ0n) is 18.1. The van der Waals surface area contributed by atoms with Crippen molar-refractivity contribution < 1.29 is 14.7 Å². The van der Waals surface area contributed by atoms with E-state index in [9.17, 15) is 14.7 Å².